The zero-order valence-electron chi connectivity index (χ0n) is 13.9. The number of nitrogens with one attached hydrogen (secondary N) is 2. The molecule has 2 amide bonds. The smallest absolute Gasteiger partial charge is 0.338 e. The minimum Gasteiger partial charge on any atom is -0.463 e. The highest BCUT2D eigenvalue weighted by atomic mass is 32.1. The summed E-state index contributed by atoms with van der Waals surface area (Å²) >= 11 is 1.60. The highest BCUT2D eigenvalue weighted by Crippen LogP contribution is 2.39. The first kappa shape index (κ1) is 16.5. The van der Waals surface area contributed by atoms with Gasteiger partial charge in [0.1, 0.15) is 0 Å². The van der Waals surface area contributed by atoms with E-state index < -0.39 is 6.04 Å². The zero-order chi connectivity index (χ0) is 17.3. The minimum atomic E-state index is -0.481. The van der Waals surface area contributed by atoms with E-state index in [1.165, 1.54) is 0 Å². The SMILES string of the molecule is CCOC(=O)C1=C(CC)NC(=O)NC1c1sc2ccccc2c1C. The van der Waals surface area contributed by atoms with Crippen molar-refractivity contribution in [2.75, 3.05) is 6.61 Å². The van der Waals surface area contributed by atoms with Gasteiger partial charge < -0.3 is 15.4 Å². The molecule has 2 N–H and O–H groups in total. The van der Waals surface area contributed by atoms with Gasteiger partial charge in [0, 0.05) is 15.3 Å². The Morgan fingerprint density at radius 3 is 2.71 bits per heavy atom. The van der Waals surface area contributed by atoms with Crippen LogP contribution in [0.15, 0.2) is 35.5 Å². The quantitative estimate of drug-likeness (QED) is 0.829. The van der Waals surface area contributed by atoms with Crippen LogP contribution < -0.4 is 10.6 Å². The fourth-order valence-corrected chi connectivity index (χ4v) is 4.28. The predicted molar refractivity (Wildman–Crippen MR) is 94.9 cm³/mol. The van der Waals surface area contributed by atoms with E-state index in [1.54, 1.807) is 18.3 Å². The lowest BCUT2D eigenvalue weighted by molar-refractivity contribution is -0.139. The van der Waals surface area contributed by atoms with E-state index in [9.17, 15) is 9.59 Å². The van der Waals surface area contributed by atoms with E-state index in [4.69, 9.17) is 4.74 Å². The Morgan fingerprint density at radius 1 is 1.29 bits per heavy atom. The van der Waals surface area contributed by atoms with Crippen LogP contribution in [0, 0.1) is 6.92 Å². The maximum atomic E-state index is 12.5. The summed E-state index contributed by atoms with van der Waals surface area (Å²) in [5.41, 5.74) is 2.20. The van der Waals surface area contributed by atoms with Crippen LogP contribution in [-0.2, 0) is 9.53 Å². The maximum absolute atomic E-state index is 12.5. The van der Waals surface area contributed by atoms with Crippen molar-refractivity contribution in [1.82, 2.24) is 10.6 Å². The predicted octanol–water partition coefficient (Wildman–Crippen LogP) is 3.79. The number of carbonyl (C=O) groups excluding carboxylic acids is 2. The minimum absolute atomic E-state index is 0.290. The van der Waals surface area contributed by atoms with Crippen LogP contribution in [0.25, 0.3) is 10.1 Å². The van der Waals surface area contributed by atoms with Gasteiger partial charge in [-0.15, -0.1) is 11.3 Å². The lowest BCUT2D eigenvalue weighted by Crippen LogP contribution is -2.45. The topological polar surface area (TPSA) is 67.4 Å². The molecule has 126 valence electrons. The number of thiophene rings is 1. The molecule has 6 heteroatoms. The van der Waals surface area contributed by atoms with Gasteiger partial charge in [-0.05, 0) is 37.3 Å². The highest BCUT2D eigenvalue weighted by Gasteiger charge is 2.35. The van der Waals surface area contributed by atoms with Gasteiger partial charge in [-0.2, -0.15) is 0 Å². The van der Waals surface area contributed by atoms with Gasteiger partial charge in [0.15, 0.2) is 0 Å². The number of ether oxygens (including phenoxy) is 1. The van der Waals surface area contributed by atoms with Crippen molar-refractivity contribution in [3.63, 3.8) is 0 Å². The number of hydrogen-bond donors (Lipinski definition) is 2. The third-order valence-corrected chi connectivity index (χ3v) is 5.48. The first-order valence-corrected chi connectivity index (χ1v) is 8.84. The molecule has 0 spiro atoms. The third-order valence-electron chi connectivity index (χ3n) is 4.15. The summed E-state index contributed by atoms with van der Waals surface area (Å²) < 4.78 is 6.37. The number of urea groups is 1. The molecule has 2 aromatic rings. The van der Waals surface area contributed by atoms with E-state index in [1.807, 2.05) is 32.0 Å². The molecule has 1 aromatic heterocycles. The molecule has 1 atom stereocenters. The van der Waals surface area contributed by atoms with Gasteiger partial charge >= 0.3 is 12.0 Å². The maximum Gasteiger partial charge on any atom is 0.338 e. The Kier molecular flexibility index (Phi) is 4.57. The van der Waals surface area contributed by atoms with Crippen molar-refractivity contribution >= 4 is 33.4 Å². The second kappa shape index (κ2) is 6.65. The monoisotopic (exact) mass is 344 g/mol. The van der Waals surface area contributed by atoms with Crippen molar-refractivity contribution in [3.8, 4) is 0 Å². The van der Waals surface area contributed by atoms with Gasteiger partial charge in [-0.25, -0.2) is 9.59 Å². The van der Waals surface area contributed by atoms with Gasteiger partial charge in [-0.3, -0.25) is 0 Å². The van der Waals surface area contributed by atoms with Crippen molar-refractivity contribution in [2.24, 2.45) is 0 Å². The van der Waals surface area contributed by atoms with Crippen LogP contribution in [0.2, 0.25) is 0 Å². The molecule has 0 fully saturated rings. The summed E-state index contributed by atoms with van der Waals surface area (Å²) in [5.74, 6) is -0.385. The Hall–Kier alpha value is -2.34. The highest BCUT2D eigenvalue weighted by molar-refractivity contribution is 7.19. The van der Waals surface area contributed by atoms with Crippen LogP contribution in [0.4, 0.5) is 4.79 Å². The lowest BCUT2D eigenvalue weighted by atomic mass is 9.97. The Bertz CT molecular complexity index is 838. The van der Waals surface area contributed by atoms with Crippen LogP contribution in [-0.4, -0.2) is 18.6 Å². The van der Waals surface area contributed by atoms with Crippen LogP contribution in [0.5, 0.6) is 0 Å². The molecule has 5 nitrogen and oxygen atoms in total. The molecule has 1 unspecified atom stereocenters. The standard InChI is InChI=1S/C18H20N2O3S/c1-4-12-14(17(21)23-5-2)15(20-18(22)19-12)16-10(3)11-8-6-7-9-13(11)24-16/h6-9,15H,4-5H2,1-3H3,(H2,19,20,22). The van der Waals surface area contributed by atoms with Crippen LogP contribution >= 0.6 is 11.3 Å². The molecule has 0 radical (unpaired) electrons. The summed E-state index contributed by atoms with van der Waals surface area (Å²) in [7, 11) is 0. The van der Waals surface area contributed by atoms with E-state index in [-0.39, 0.29) is 12.0 Å². The van der Waals surface area contributed by atoms with Crippen molar-refractivity contribution in [2.45, 2.75) is 33.2 Å². The third kappa shape index (κ3) is 2.78. The fourth-order valence-electron chi connectivity index (χ4n) is 3.01. The average Bonchev–Trinajstić information content (AvgIpc) is 2.91. The summed E-state index contributed by atoms with van der Waals surface area (Å²) in [5, 5.41) is 6.78. The first-order chi connectivity index (χ1) is 11.6. The van der Waals surface area contributed by atoms with E-state index in [2.05, 4.69) is 16.7 Å². The number of allylic oxidation sites excluding steroid dienone is 1. The molecule has 3 rings (SSSR count). The van der Waals surface area contributed by atoms with Crippen LogP contribution in [0.1, 0.15) is 36.8 Å². The van der Waals surface area contributed by atoms with Gasteiger partial charge in [0.05, 0.1) is 18.2 Å². The van der Waals surface area contributed by atoms with Crippen molar-refractivity contribution in [1.29, 1.82) is 0 Å². The number of rotatable bonds is 4. The Labute approximate surface area is 144 Å². The summed E-state index contributed by atoms with van der Waals surface area (Å²) in [6.07, 6.45) is 0.558. The van der Waals surface area contributed by atoms with Crippen LogP contribution in [0.3, 0.4) is 0 Å². The number of aryl methyl sites for hydroxylation is 1. The molecule has 0 saturated carbocycles. The Balaban J connectivity index is 2.16. The second-order valence-electron chi connectivity index (χ2n) is 5.59. The molecular weight excluding hydrogens is 324 g/mol. The number of esters is 1. The second-order valence-corrected chi connectivity index (χ2v) is 6.67. The largest absolute Gasteiger partial charge is 0.463 e. The van der Waals surface area contributed by atoms with Gasteiger partial charge in [-0.1, -0.05) is 25.1 Å². The zero-order valence-corrected chi connectivity index (χ0v) is 14.8. The normalized spacial score (nSPS) is 17.6. The number of amides is 2. The lowest BCUT2D eigenvalue weighted by Gasteiger charge is -2.28. The van der Waals surface area contributed by atoms with Gasteiger partial charge in [0.2, 0.25) is 0 Å². The summed E-state index contributed by atoms with van der Waals surface area (Å²) in [6, 6.07) is 7.32. The molecule has 0 saturated heterocycles. The molecule has 0 bridgehead atoms. The van der Waals surface area contributed by atoms with Gasteiger partial charge in [0.25, 0.3) is 0 Å². The summed E-state index contributed by atoms with van der Waals surface area (Å²) in [6.45, 7) is 6.01. The fraction of sp³-hybridized carbons (Fsp3) is 0.333. The van der Waals surface area contributed by atoms with E-state index in [0.717, 1.165) is 20.5 Å². The summed E-state index contributed by atoms with van der Waals surface area (Å²) in [4.78, 5) is 25.6. The molecule has 1 aromatic carbocycles. The number of hydrogen-bond acceptors (Lipinski definition) is 4. The van der Waals surface area contributed by atoms with E-state index >= 15 is 0 Å². The number of carbonyl (C=O) groups is 2. The average molecular weight is 344 g/mol. The van der Waals surface area contributed by atoms with Crippen molar-refractivity contribution < 1.29 is 14.3 Å². The first-order valence-electron chi connectivity index (χ1n) is 8.02. The molecule has 24 heavy (non-hydrogen) atoms. The molecular formula is C18H20N2O3S. The molecule has 0 aliphatic carbocycles. The molecule has 1 aliphatic heterocycles. The van der Waals surface area contributed by atoms with Crippen molar-refractivity contribution in [3.05, 3.63) is 46.0 Å². The molecule has 2 heterocycles. The number of benzene rings is 1. The molecule has 1 aliphatic rings. The Morgan fingerprint density at radius 2 is 2.04 bits per heavy atom. The van der Waals surface area contributed by atoms with E-state index in [0.29, 0.717) is 24.3 Å². The number of fused-ring (bicyclic) bond motifs is 1.